The molecule has 0 atom stereocenters. The molecule has 1 N–H and O–H groups in total. The molecule has 0 bridgehead atoms. The minimum Gasteiger partial charge on any atom is -0.328 e. The molecule has 0 aromatic carbocycles. The first-order chi connectivity index (χ1) is 3.81. The van der Waals surface area contributed by atoms with E-state index in [9.17, 15) is 4.79 Å². The first kappa shape index (κ1) is 6.88. The first-order valence-corrected chi connectivity index (χ1v) is 2.15. The Morgan fingerprint density at radius 1 is 1.88 bits per heavy atom. The van der Waals surface area contributed by atoms with Crippen LogP contribution in [0.3, 0.4) is 0 Å². The van der Waals surface area contributed by atoms with E-state index in [1.54, 1.807) is 0 Å². The van der Waals surface area contributed by atoms with Gasteiger partial charge in [0.1, 0.15) is 0 Å². The molecule has 0 aromatic heterocycles. The Morgan fingerprint density at radius 3 is 2.88 bits per heavy atom. The Kier molecular flexibility index (Phi) is 3.48. The Labute approximate surface area is 48.1 Å². The third kappa shape index (κ3) is 3.08. The summed E-state index contributed by atoms with van der Waals surface area (Å²) in [7, 11) is 1.53. The molecule has 44 valence electrons. The van der Waals surface area contributed by atoms with E-state index in [0.717, 1.165) is 0 Å². The molecule has 0 unspecified atom stereocenters. The summed E-state index contributed by atoms with van der Waals surface area (Å²) < 4.78 is 0. The number of nitrogens with zero attached hydrogens (tertiary/aromatic N) is 1. The fourth-order valence-corrected chi connectivity index (χ4v) is 0.255. The summed E-state index contributed by atoms with van der Waals surface area (Å²) in [6.45, 7) is 3.29. The lowest BCUT2D eigenvalue weighted by atomic mass is 10.6. The van der Waals surface area contributed by atoms with Crippen LogP contribution >= 0.6 is 0 Å². The molecule has 3 nitrogen and oxygen atoms in total. The maximum absolute atomic E-state index is 10.3. The average Bonchev–Trinajstić information content (AvgIpc) is 1.68. The van der Waals surface area contributed by atoms with Crippen molar-refractivity contribution in [1.82, 2.24) is 5.32 Å². The Hall–Kier alpha value is -1.12. The number of carbonyl (C=O) groups excluding carboxylic acids is 1. The van der Waals surface area contributed by atoms with E-state index in [4.69, 9.17) is 0 Å². The van der Waals surface area contributed by atoms with Crippen molar-refractivity contribution in [2.45, 2.75) is 0 Å². The molecule has 0 saturated carbocycles. The molecule has 8 heavy (non-hydrogen) atoms. The highest BCUT2D eigenvalue weighted by molar-refractivity contribution is 6.26. The van der Waals surface area contributed by atoms with Crippen molar-refractivity contribution in [2.24, 2.45) is 4.99 Å². The van der Waals surface area contributed by atoms with Gasteiger partial charge in [-0.2, -0.15) is 0 Å². The van der Waals surface area contributed by atoms with Crippen molar-refractivity contribution in [2.75, 3.05) is 7.05 Å². The second-order valence-corrected chi connectivity index (χ2v) is 1.10. The normalized spacial score (nSPS) is 9.12. The fraction of sp³-hybridized carbons (Fsp3) is 0.200. The van der Waals surface area contributed by atoms with E-state index in [0.29, 0.717) is 0 Å². The standard InChI is InChI=1S/C5H8N2O/c1-3-7-5(8)4-6-2/h3-4H,1H2,2H3,(H,7,8). The summed E-state index contributed by atoms with van der Waals surface area (Å²) in [4.78, 5) is 13.8. The predicted octanol–water partition coefficient (Wildman–Crippen LogP) is -0.0533. The van der Waals surface area contributed by atoms with Gasteiger partial charge in [0.2, 0.25) is 0 Å². The van der Waals surface area contributed by atoms with Gasteiger partial charge in [-0.25, -0.2) is 0 Å². The van der Waals surface area contributed by atoms with Gasteiger partial charge in [0.15, 0.2) is 0 Å². The van der Waals surface area contributed by atoms with Crippen LogP contribution in [-0.4, -0.2) is 19.2 Å². The quantitative estimate of drug-likeness (QED) is 0.500. The van der Waals surface area contributed by atoms with Crippen LogP contribution in [0.4, 0.5) is 0 Å². The smallest absolute Gasteiger partial charge is 0.265 e. The Bertz CT molecular complexity index is 118. The van der Waals surface area contributed by atoms with Gasteiger partial charge in [-0.3, -0.25) is 9.79 Å². The number of hydrogen-bond acceptors (Lipinski definition) is 2. The Morgan fingerprint density at radius 2 is 2.50 bits per heavy atom. The highest BCUT2D eigenvalue weighted by atomic mass is 16.1. The second kappa shape index (κ2) is 4.05. The number of carbonyl (C=O) groups is 1. The van der Waals surface area contributed by atoms with Gasteiger partial charge in [-0.05, 0) is 6.20 Å². The lowest BCUT2D eigenvalue weighted by molar-refractivity contribution is -0.113. The lowest BCUT2D eigenvalue weighted by Crippen LogP contribution is -2.16. The van der Waals surface area contributed by atoms with E-state index in [-0.39, 0.29) is 5.91 Å². The summed E-state index contributed by atoms with van der Waals surface area (Å²) in [5.74, 6) is -0.248. The molecule has 3 heteroatoms. The number of hydrogen-bond donors (Lipinski definition) is 1. The summed E-state index contributed by atoms with van der Waals surface area (Å²) in [6.07, 6.45) is 2.49. The van der Waals surface area contributed by atoms with Crippen molar-refractivity contribution in [3.63, 3.8) is 0 Å². The minimum absolute atomic E-state index is 0.248. The second-order valence-electron chi connectivity index (χ2n) is 1.10. The first-order valence-electron chi connectivity index (χ1n) is 2.15. The largest absolute Gasteiger partial charge is 0.328 e. The molecule has 0 rings (SSSR count). The van der Waals surface area contributed by atoms with E-state index in [2.05, 4.69) is 16.9 Å². The summed E-state index contributed by atoms with van der Waals surface area (Å²) in [6, 6.07) is 0. The molecule has 0 radical (unpaired) electrons. The zero-order chi connectivity index (χ0) is 6.41. The molecule has 0 fully saturated rings. The zero-order valence-electron chi connectivity index (χ0n) is 4.72. The van der Waals surface area contributed by atoms with Crippen molar-refractivity contribution < 1.29 is 4.79 Å². The van der Waals surface area contributed by atoms with Crippen LogP contribution in [0.2, 0.25) is 0 Å². The highest BCUT2D eigenvalue weighted by Crippen LogP contribution is 1.57. The number of nitrogens with one attached hydrogen (secondary N) is 1. The molecular formula is C5H8N2O. The lowest BCUT2D eigenvalue weighted by Gasteiger charge is -1.86. The van der Waals surface area contributed by atoms with Crippen LogP contribution in [0.5, 0.6) is 0 Å². The van der Waals surface area contributed by atoms with Crippen LogP contribution in [0.15, 0.2) is 17.8 Å². The monoisotopic (exact) mass is 112 g/mol. The van der Waals surface area contributed by atoms with Gasteiger partial charge in [-0.1, -0.05) is 6.58 Å². The van der Waals surface area contributed by atoms with Crippen molar-refractivity contribution in [1.29, 1.82) is 0 Å². The topological polar surface area (TPSA) is 41.5 Å². The van der Waals surface area contributed by atoms with Crippen molar-refractivity contribution in [3.8, 4) is 0 Å². The van der Waals surface area contributed by atoms with Gasteiger partial charge in [0, 0.05) is 7.05 Å². The third-order valence-corrected chi connectivity index (χ3v) is 0.491. The highest BCUT2D eigenvalue weighted by Gasteiger charge is 1.85. The molecule has 0 aliphatic heterocycles. The van der Waals surface area contributed by atoms with Crippen LogP contribution in [-0.2, 0) is 4.79 Å². The van der Waals surface area contributed by atoms with E-state index < -0.39 is 0 Å². The third-order valence-electron chi connectivity index (χ3n) is 0.491. The Balaban J connectivity index is 3.48. The van der Waals surface area contributed by atoms with Crippen molar-refractivity contribution in [3.05, 3.63) is 12.8 Å². The van der Waals surface area contributed by atoms with Crippen LogP contribution in [0.1, 0.15) is 0 Å². The fourth-order valence-electron chi connectivity index (χ4n) is 0.255. The maximum atomic E-state index is 10.3. The molecular weight excluding hydrogens is 104 g/mol. The molecule has 0 heterocycles. The summed E-state index contributed by atoms with van der Waals surface area (Å²) in [5, 5.41) is 2.32. The van der Waals surface area contributed by atoms with Gasteiger partial charge in [0.25, 0.3) is 5.91 Å². The van der Waals surface area contributed by atoms with Crippen molar-refractivity contribution >= 4 is 12.1 Å². The molecule has 0 saturated heterocycles. The van der Waals surface area contributed by atoms with Gasteiger partial charge in [-0.15, -0.1) is 0 Å². The van der Waals surface area contributed by atoms with Gasteiger partial charge in [0.05, 0.1) is 6.21 Å². The van der Waals surface area contributed by atoms with E-state index in [1.165, 1.54) is 19.5 Å². The van der Waals surface area contributed by atoms with Crippen LogP contribution in [0.25, 0.3) is 0 Å². The van der Waals surface area contributed by atoms with Gasteiger partial charge < -0.3 is 5.32 Å². The summed E-state index contributed by atoms with van der Waals surface area (Å²) >= 11 is 0. The molecule has 0 aromatic rings. The van der Waals surface area contributed by atoms with E-state index >= 15 is 0 Å². The van der Waals surface area contributed by atoms with Gasteiger partial charge >= 0.3 is 0 Å². The minimum atomic E-state index is -0.248. The maximum Gasteiger partial charge on any atom is 0.265 e. The van der Waals surface area contributed by atoms with Crippen LogP contribution < -0.4 is 5.32 Å². The van der Waals surface area contributed by atoms with E-state index in [1.807, 2.05) is 0 Å². The van der Waals surface area contributed by atoms with Crippen LogP contribution in [0, 0.1) is 0 Å². The molecule has 0 spiro atoms. The predicted molar refractivity (Wildman–Crippen MR) is 32.8 cm³/mol. The zero-order valence-corrected chi connectivity index (χ0v) is 4.72. The molecule has 1 amide bonds. The summed E-state index contributed by atoms with van der Waals surface area (Å²) in [5.41, 5.74) is 0. The molecule has 0 aliphatic rings. The molecule has 0 aliphatic carbocycles. The number of aliphatic imine (C=N–C) groups is 1. The number of rotatable bonds is 2. The SMILES string of the molecule is C=CNC(=O)C=NC. The number of amides is 1. The average molecular weight is 112 g/mol.